The molecule has 7 nitrogen and oxygen atoms in total. The molecule has 0 radical (unpaired) electrons. The first kappa shape index (κ1) is 25.5. The molecule has 166 valence electrons. The van der Waals surface area contributed by atoms with Gasteiger partial charge < -0.3 is 24.3 Å². The van der Waals surface area contributed by atoms with Crippen LogP contribution in [0.25, 0.3) is 11.4 Å². The molecule has 2 fully saturated rings. The van der Waals surface area contributed by atoms with Crippen molar-refractivity contribution in [3.05, 3.63) is 34.3 Å². The minimum atomic E-state index is -1.30. The number of carboxylic acid groups (broad SMARTS) is 1. The van der Waals surface area contributed by atoms with Crippen molar-refractivity contribution in [2.24, 2.45) is 0 Å². The molecule has 10 heteroatoms. The van der Waals surface area contributed by atoms with E-state index in [0.29, 0.717) is 40.1 Å². The average molecular weight is 488 g/mol. The molecule has 0 atom stereocenters. The number of aliphatic carboxylic acids is 1. The van der Waals surface area contributed by atoms with Crippen LogP contribution < -0.4 is 44.3 Å². The molecule has 0 spiro atoms. The molecular formula is C22H24Cl2N3NaO4. The summed E-state index contributed by atoms with van der Waals surface area (Å²) in [5.41, 5.74) is -0.637. The van der Waals surface area contributed by atoms with Gasteiger partial charge in [-0.05, 0) is 50.3 Å². The van der Waals surface area contributed by atoms with Gasteiger partial charge in [0.1, 0.15) is 5.82 Å². The number of nitrogens with zero attached hydrogens (tertiary/aromatic N) is 3. The first-order chi connectivity index (χ1) is 14.9. The molecule has 1 aromatic heterocycles. The first-order valence-electron chi connectivity index (χ1n) is 10.5. The molecule has 0 N–H and O–H groups in total. The molecule has 0 bridgehead atoms. The number of aromatic nitrogens is 2. The molecule has 0 amide bonds. The van der Waals surface area contributed by atoms with Crippen LogP contribution in [0.5, 0.6) is 5.88 Å². The maximum absolute atomic E-state index is 11.5. The number of hydrogen-bond acceptors (Lipinski definition) is 7. The predicted molar refractivity (Wildman–Crippen MR) is 117 cm³/mol. The van der Waals surface area contributed by atoms with Crippen LogP contribution >= 0.6 is 23.2 Å². The molecular weight excluding hydrogens is 464 g/mol. The van der Waals surface area contributed by atoms with Crippen LogP contribution in [0.15, 0.2) is 24.3 Å². The molecule has 2 heterocycles. The van der Waals surface area contributed by atoms with Crippen LogP contribution in [-0.2, 0) is 9.53 Å². The second kappa shape index (κ2) is 10.9. The molecule has 1 saturated carbocycles. The van der Waals surface area contributed by atoms with Gasteiger partial charge in [-0.1, -0.05) is 30.1 Å². The SMILES string of the molecule is CCCOC1CCN(c2cc(OC3(C(=O)[O-])CC3)nc(-c3ccc(Cl)c(Cl)c3)n2)CC1.[Na+]. The minimum Gasteiger partial charge on any atom is -0.546 e. The Labute approximate surface area is 219 Å². The van der Waals surface area contributed by atoms with E-state index in [2.05, 4.69) is 16.8 Å². The van der Waals surface area contributed by atoms with Crippen molar-refractivity contribution in [2.75, 3.05) is 24.6 Å². The smallest absolute Gasteiger partial charge is 0.546 e. The third-order valence-electron chi connectivity index (χ3n) is 5.57. The summed E-state index contributed by atoms with van der Waals surface area (Å²) in [5, 5.41) is 12.3. The molecule has 1 aromatic carbocycles. The molecule has 32 heavy (non-hydrogen) atoms. The van der Waals surface area contributed by atoms with Crippen molar-refractivity contribution < 1.29 is 48.9 Å². The van der Waals surface area contributed by atoms with Gasteiger partial charge in [0.15, 0.2) is 11.4 Å². The van der Waals surface area contributed by atoms with E-state index in [0.717, 1.165) is 39.0 Å². The monoisotopic (exact) mass is 487 g/mol. The van der Waals surface area contributed by atoms with E-state index in [-0.39, 0.29) is 41.5 Å². The fourth-order valence-electron chi connectivity index (χ4n) is 3.59. The zero-order valence-corrected chi connectivity index (χ0v) is 21.8. The van der Waals surface area contributed by atoms with Gasteiger partial charge in [0.25, 0.3) is 0 Å². The number of anilines is 1. The zero-order chi connectivity index (χ0) is 22.0. The van der Waals surface area contributed by atoms with E-state index >= 15 is 0 Å². The predicted octanol–water partition coefficient (Wildman–Crippen LogP) is 0.511. The Kier molecular flexibility index (Phi) is 8.69. The third-order valence-corrected chi connectivity index (χ3v) is 6.31. The van der Waals surface area contributed by atoms with Gasteiger partial charge in [-0.15, -0.1) is 0 Å². The average Bonchev–Trinajstić information content (AvgIpc) is 3.55. The van der Waals surface area contributed by atoms with Crippen molar-refractivity contribution in [1.82, 2.24) is 9.97 Å². The van der Waals surface area contributed by atoms with E-state index < -0.39 is 11.6 Å². The van der Waals surface area contributed by atoms with E-state index in [1.807, 2.05) is 0 Å². The van der Waals surface area contributed by atoms with Gasteiger partial charge >= 0.3 is 29.6 Å². The summed E-state index contributed by atoms with van der Waals surface area (Å²) in [7, 11) is 0. The Morgan fingerprint density at radius 3 is 2.50 bits per heavy atom. The van der Waals surface area contributed by atoms with Gasteiger partial charge in [-0.25, -0.2) is 4.98 Å². The molecule has 0 unspecified atom stereocenters. The zero-order valence-electron chi connectivity index (χ0n) is 18.3. The maximum atomic E-state index is 11.5. The van der Waals surface area contributed by atoms with Crippen molar-refractivity contribution in [3.63, 3.8) is 0 Å². The van der Waals surface area contributed by atoms with Crippen molar-refractivity contribution >= 4 is 35.0 Å². The molecule has 1 aliphatic heterocycles. The Morgan fingerprint density at radius 1 is 1.19 bits per heavy atom. The third kappa shape index (κ3) is 5.88. The maximum Gasteiger partial charge on any atom is 1.00 e. The van der Waals surface area contributed by atoms with Gasteiger partial charge in [-0.2, -0.15) is 4.98 Å². The van der Waals surface area contributed by atoms with Crippen LogP contribution in [0.3, 0.4) is 0 Å². The Bertz CT molecular complexity index is 966. The van der Waals surface area contributed by atoms with Gasteiger partial charge in [0.2, 0.25) is 5.88 Å². The van der Waals surface area contributed by atoms with Gasteiger partial charge in [0.05, 0.1) is 22.1 Å². The number of halogens is 2. The fourth-order valence-corrected chi connectivity index (χ4v) is 3.89. The van der Waals surface area contributed by atoms with Crippen LogP contribution in [0, 0.1) is 0 Å². The van der Waals surface area contributed by atoms with Gasteiger partial charge in [0, 0.05) is 31.3 Å². The molecule has 2 aromatic rings. The summed E-state index contributed by atoms with van der Waals surface area (Å²) in [4.78, 5) is 22.8. The Balaban J connectivity index is 0.00000289. The van der Waals surface area contributed by atoms with E-state index in [9.17, 15) is 9.90 Å². The fraction of sp³-hybridized carbons (Fsp3) is 0.500. The quantitative estimate of drug-likeness (QED) is 0.501. The number of carboxylic acids is 1. The van der Waals surface area contributed by atoms with Crippen LogP contribution in [0.2, 0.25) is 10.0 Å². The largest absolute Gasteiger partial charge is 1.00 e. The summed E-state index contributed by atoms with van der Waals surface area (Å²) in [6, 6.07) is 6.82. The number of piperidine rings is 1. The van der Waals surface area contributed by atoms with E-state index in [4.69, 9.17) is 37.7 Å². The standard InChI is InChI=1S/C22H25Cl2N3O4.Na/c1-2-11-30-15-5-9-27(10-6-15)18-13-19(31-22(7-8-22)21(28)29)26-20(25-18)14-3-4-16(23)17(24)12-14;/h3-4,12-13,15H,2,5-11H2,1H3,(H,28,29);/q;+1/p-1. The van der Waals surface area contributed by atoms with Crippen molar-refractivity contribution in [1.29, 1.82) is 0 Å². The topological polar surface area (TPSA) is 87.6 Å². The summed E-state index contributed by atoms with van der Waals surface area (Å²) in [6.45, 7) is 4.42. The summed E-state index contributed by atoms with van der Waals surface area (Å²) < 4.78 is 11.6. The second-order valence-corrected chi connectivity index (χ2v) is 8.77. The number of hydrogen-bond donors (Lipinski definition) is 0. The number of carbonyl (C=O) groups excluding carboxylic acids is 1. The van der Waals surface area contributed by atoms with E-state index in [1.165, 1.54) is 0 Å². The second-order valence-electron chi connectivity index (χ2n) is 7.96. The minimum absolute atomic E-state index is 0. The summed E-state index contributed by atoms with van der Waals surface area (Å²) >= 11 is 12.2. The van der Waals surface area contributed by atoms with E-state index in [1.54, 1.807) is 24.3 Å². The molecule has 2 aliphatic rings. The summed E-state index contributed by atoms with van der Waals surface area (Å²) in [6.07, 6.45) is 3.83. The molecule has 1 aliphatic carbocycles. The van der Waals surface area contributed by atoms with Gasteiger partial charge in [-0.3, -0.25) is 0 Å². The number of rotatable bonds is 8. The van der Waals surface area contributed by atoms with Crippen LogP contribution in [-0.4, -0.2) is 47.3 Å². The van der Waals surface area contributed by atoms with Crippen LogP contribution in [0.4, 0.5) is 5.82 Å². The van der Waals surface area contributed by atoms with Crippen molar-refractivity contribution in [2.45, 2.75) is 50.7 Å². The normalized spacial score (nSPS) is 17.5. The molecule has 1 saturated heterocycles. The Hall–Kier alpha value is -1.09. The van der Waals surface area contributed by atoms with Crippen molar-refractivity contribution in [3.8, 4) is 17.3 Å². The first-order valence-corrected chi connectivity index (χ1v) is 11.3. The Morgan fingerprint density at radius 2 is 1.91 bits per heavy atom. The number of carbonyl (C=O) groups is 1. The van der Waals surface area contributed by atoms with Crippen LogP contribution in [0.1, 0.15) is 39.0 Å². The number of benzene rings is 1. The molecule has 4 rings (SSSR count). The summed E-state index contributed by atoms with van der Waals surface area (Å²) in [5.74, 6) is 0.0495. The number of ether oxygens (including phenoxy) is 2.